The summed E-state index contributed by atoms with van der Waals surface area (Å²) >= 11 is 0. The number of hydrogen-bond donors (Lipinski definition) is 1. The van der Waals surface area contributed by atoms with Crippen molar-refractivity contribution < 1.29 is 19.4 Å². The molecule has 1 amide bonds. The van der Waals surface area contributed by atoms with E-state index in [1.807, 2.05) is 4.90 Å². The lowest BCUT2D eigenvalue weighted by Crippen LogP contribution is -2.41. The van der Waals surface area contributed by atoms with Crippen LogP contribution in [0.5, 0.6) is 0 Å². The average Bonchev–Trinajstić information content (AvgIpc) is 3.31. The zero-order valence-corrected chi connectivity index (χ0v) is 15.5. The molecular weight excluding hydrogens is 330 g/mol. The molecule has 1 N–H and O–H groups in total. The molecule has 3 rings (SSSR count). The second-order valence-corrected chi connectivity index (χ2v) is 7.70. The number of nitrogens with zero attached hydrogens (tertiary/aromatic N) is 1. The highest BCUT2D eigenvalue weighted by molar-refractivity contribution is 5.81. The van der Waals surface area contributed by atoms with E-state index in [0.29, 0.717) is 32.4 Å². The Morgan fingerprint density at radius 3 is 2.50 bits per heavy atom. The number of aliphatic carboxylic acids is 1. The largest absolute Gasteiger partial charge is 0.481 e. The Morgan fingerprint density at radius 1 is 1.15 bits per heavy atom. The number of carboxylic acids is 1. The fourth-order valence-corrected chi connectivity index (χ4v) is 4.03. The summed E-state index contributed by atoms with van der Waals surface area (Å²) in [4.78, 5) is 26.2. The van der Waals surface area contributed by atoms with Crippen LogP contribution in [0.25, 0.3) is 0 Å². The molecule has 0 aromatic heterocycles. The number of carboxylic acid groups (broad SMARTS) is 1. The third-order valence-electron chi connectivity index (χ3n) is 5.68. The molecule has 2 fully saturated rings. The fraction of sp³-hybridized carbons (Fsp3) is 0.619. The van der Waals surface area contributed by atoms with E-state index in [0.717, 1.165) is 25.9 Å². The van der Waals surface area contributed by atoms with E-state index in [1.165, 1.54) is 11.1 Å². The van der Waals surface area contributed by atoms with Gasteiger partial charge in [-0.1, -0.05) is 29.8 Å². The summed E-state index contributed by atoms with van der Waals surface area (Å²) in [6.07, 6.45) is 4.74. The van der Waals surface area contributed by atoms with Crippen molar-refractivity contribution in [1.29, 1.82) is 0 Å². The van der Waals surface area contributed by atoms with Crippen LogP contribution in [0.4, 0.5) is 0 Å². The molecule has 1 aromatic rings. The second kappa shape index (κ2) is 8.67. The van der Waals surface area contributed by atoms with Gasteiger partial charge in [0.25, 0.3) is 0 Å². The first-order valence-corrected chi connectivity index (χ1v) is 9.71. The molecule has 2 aliphatic rings. The highest BCUT2D eigenvalue weighted by Crippen LogP contribution is 2.32. The molecule has 142 valence electrons. The average molecular weight is 359 g/mol. The Bertz CT molecular complexity index is 621. The van der Waals surface area contributed by atoms with Crippen LogP contribution in [-0.2, 0) is 20.7 Å². The molecule has 1 saturated heterocycles. The maximum atomic E-state index is 13.1. The molecule has 1 unspecified atom stereocenters. The molecule has 0 bridgehead atoms. The second-order valence-electron chi connectivity index (χ2n) is 7.70. The Hall–Kier alpha value is -1.88. The van der Waals surface area contributed by atoms with Crippen molar-refractivity contribution in [3.05, 3.63) is 35.4 Å². The molecule has 1 saturated carbocycles. The van der Waals surface area contributed by atoms with E-state index in [-0.39, 0.29) is 23.8 Å². The number of rotatable bonds is 7. The minimum absolute atomic E-state index is 0.108. The molecule has 26 heavy (non-hydrogen) atoms. The SMILES string of the molecule is Cc1ccc(CCN(CC2CCCO2)C(=O)[C@@H]2CC[C@H](C(=O)O)C2)cc1. The lowest BCUT2D eigenvalue weighted by atomic mass is 10.0. The minimum Gasteiger partial charge on any atom is -0.481 e. The zero-order chi connectivity index (χ0) is 18.5. The van der Waals surface area contributed by atoms with Gasteiger partial charge in [0, 0.05) is 25.6 Å². The zero-order valence-electron chi connectivity index (χ0n) is 15.5. The van der Waals surface area contributed by atoms with Gasteiger partial charge in [0.1, 0.15) is 0 Å². The van der Waals surface area contributed by atoms with E-state index in [2.05, 4.69) is 31.2 Å². The number of hydrogen-bond acceptors (Lipinski definition) is 3. The van der Waals surface area contributed by atoms with E-state index >= 15 is 0 Å². The van der Waals surface area contributed by atoms with Gasteiger partial charge in [-0.25, -0.2) is 0 Å². The molecule has 1 aliphatic heterocycles. The molecule has 1 heterocycles. The summed E-state index contributed by atoms with van der Waals surface area (Å²) in [5, 5.41) is 9.21. The number of benzene rings is 1. The van der Waals surface area contributed by atoms with Gasteiger partial charge in [-0.15, -0.1) is 0 Å². The topological polar surface area (TPSA) is 66.8 Å². The van der Waals surface area contributed by atoms with Crippen molar-refractivity contribution >= 4 is 11.9 Å². The molecule has 0 radical (unpaired) electrons. The van der Waals surface area contributed by atoms with E-state index in [4.69, 9.17) is 4.74 Å². The van der Waals surface area contributed by atoms with E-state index in [9.17, 15) is 14.7 Å². The third-order valence-corrected chi connectivity index (χ3v) is 5.68. The molecule has 1 aromatic carbocycles. The predicted octanol–water partition coefficient (Wildman–Crippen LogP) is 3.05. The lowest BCUT2D eigenvalue weighted by Gasteiger charge is -2.28. The highest BCUT2D eigenvalue weighted by Gasteiger charge is 2.36. The molecule has 3 atom stereocenters. The first-order valence-electron chi connectivity index (χ1n) is 9.71. The molecular formula is C21H29NO4. The molecule has 0 spiro atoms. The van der Waals surface area contributed by atoms with Gasteiger partial charge in [0.15, 0.2) is 0 Å². The van der Waals surface area contributed by atoms with Crippen molar-refractivity contribution in [2.45, 2.75) is 51.6 Å². The van der Waals surface area contributed by atoms with Crippen LogP contribution in [0.1, 0.15) is 43.2 Å². The summed E-state index contributed by atoms with van der Waals surface area (Å²) in [6, 6.07) is 8.41. The summed E-state index contributed by atoms with van der Waals surface area (Å²) in [6.45, 7) is 4.13. The van der Waals surface area contributed by atoms with Gasteiger partial charge in [0.2, 0.25) is 5.91 Å². The fourth-order valence-electron chi connectivity index (χ4n) is 4.03. The van der Waals surface area contributed by atoms with Crippen LogP contribution in [-0.4, -0.2) is 47.7 Å². The highest BCUT2D eigenvalue weighted by atomic mass is 16.5. The van der Waals surface area contributed by atoms with Gasteiger partial charge < -0.3 is 14.7 Å². The predicted molar refractivity (Wildman–Crippen MR) is 98.9 cm³/mol. The van der Waals surface area contributed by atoms with Crippen molar-refractivity contribution in [2.24, 2.45) is 11.8 Å². The van der Waals surface area contributed by atoms with Gasteiger partial charge in [0.05, 0.1) is 12.0 Å². The quantitative estimate of drug-likeness (QED) is 0.812. The Labute approximate surface area is 155 Å². The van der Waals surface area contributed by atoms with Crippen LogP contribution < -0.4 is 0 Å². The molecule has 5 nitrogen and oxygen atoms in total. The Kier molecular flexibility index (Phi) is 6.30. The maximum Gasteiger partial charge on any atom is 0.306 e. The van der Waals surface area contributed by atoms with Crippen molar-refractivity contribution in [1.82, 2.24) is 4.90 Å². The van der Waals surface area contributed by atoms with Crippen LogP contribution in [0.2, 0.25) is 0 Å². The number of ether oxygens (including phenoxy) is 1. The van der Waals surface area contributed by atoms with E-state index in [1.54, 1.807) is 0 Å². The Morgan fingerprint density at radius 2 is 1.88 bits per heavy atom. The number of amides is 1. The third kappa shape index (κ3) is 4.85. The number of aryl methyl sites for hydroxylation is 1. The molecule has 1 aliphatic carbocycles. The van der Waals surface area contributed by atoms with Gasteiger partial charge >= 0.3 is 5.97 Å². The van der Waals surface area contributed by atoms with Crippen LogP contribution in [0.3, 0.4) is 0 Å². The van der Waals surface area contributed by atoms with Crippen molar-refractivity contribution in [2.75, 3.05) is 19.7 Å². The van der Waals surface area contributed by atoms with Crippen LogP contribution in [0, 0.1) is 18.8 Å². The van der Waals surface area contributed by atoms with Gasteiger partial charge in [-0.2, -0.15) is 0 Å². The van der Waals surface area contributed by atoms with Gasteiger partial charge in [-0.3, -0.25) is 9.59 Å². The number of carbonyl (C=O) groups is 2. The van der Waals surface area contributed by atoms with Crippen molar-refractivity contribution in [3.8, 4) is 0 Å². The van der Waals surface area contributed by atoms with Crippen molar-refractivity contribution in [3.63, 3.8) is 0 Å². The van der Waals surface area contributed by atoms with Crippen LogP contribution >= 0.6 is 0 Å². The smallest absolute Gasteiger partial charge is 0.306 e. The first kappa shape index (κ1) is 18.9. The summed E-state index contributed by atoms with van der Waals surface area (Å²) < 4.78 is 5.74. The lowest BCUT2D eigenvalue weighted by molar-refractivity contribution is -0.142. The maximum absolute atomic E-state index is 13.1. The standard InChI is InChI=1S/C21H29NO4/c1-15-4-6-16(7-5-15)10-11-22(14-19-3-2-12-26-19)20(23)17-8-9-18(13-17)21(24)25/h4-7,17-19H,2-3,8-14H2,1H3,(H,24,25)/t17-,18+,19?/m1/s1. The first-order chi connectivity index (χ1) is 12.5. The molecule has 5 heteroatoms. The number of carbonyl (C=O) groups excluding carboxylic acids is 1. The Balaban J connectivity index is 1.63. The summed E-state index contributed by atoms with van der Waals surface area (Å²) in [5.41, 5.74) is 2.45. The monoisotopic (exact) mass is 359 g/mol. The summed E-state index contributed by atoms with van der Waals surface area (Å²) in [5.74, 6) is -1.19. The normalized spacial score (nSPS) is 25.3. The van der Waals surface area contributed by atoms with Crippen LogP contribution in [0.15, 0.2) is 24.3 Å². The van der Waals surface area contributed by atoms with Gasteiger partial charge in [-0.05, 0) is 51.0 Å². The minimum atomic E-state index is -0.773. The summed E-state index contributed by atoms with van der Waals surface area (Å²) in [7, 11) is 0. The van der Waals surface area contributed by atoms with E-state index < -0.39 is 5.97 Å².